The molecule has 2 fully saturated rings. The van der Waals surface area contributed by atoms with Crippen LogP contribution in [-0.2, 0) is 32.1 Å². The second kappa shape index (κ2) is 11.4. The third-order valence-electron chi connectivity index (χ3n) is 7.57. The van der Waals surface area contributed by atoms with E-state index in [9.17, 15) is 14.4 Å². The molecule has 0 unspecified atom stereocenters. The lowest BCUT2D eigenvalue weighted by Crippen LogP contribution is -2.21. The predicted octanol–water partition coefficient (Wildman–Crippen LogP) is 6.25. The zero-order valence-corrected chi connectivity index (χ0v) is 21.4. The summed E-state index contributed by atoms with van der Waals surface area (Å²) in [4.78, 5) is 36.9. The van der Waals surface area contributed by atoms with Gasteiger partial charge >= 0.3 is 17.9 Å². The van der Waals surface area contributed by atoms with Crippen molar-refractivity contribution in [1.82, 2.24) is 0 Å². The van der Waals surface area contributed by atoms with E-state index in [1.165, 1.54) is 30.9 Å². The van der Waals surface area contributed by atoms with Crippen LogP contribution in [0.25, 0.3) is 0 Å². The van der Waals surface area contributed by atoms with E-state index in [0.717, 1.165) is 68.1 Å². The highest BCUT2D eigenvalue weighted by atomic mass is 16.6. The minimum atomic E-state index is -0.430. The van der Waals surface area contributed by atoms with Crippen LogP contribution in [0.3, 0.4) is 0 Å². The Morgan fingerprint density at radius 1 is 1.09 bits per heavy atom. The van der Waals surface area contributed by atoms with Gasteiger partial charge in [-0.2, -0.15) is 0 Å². The molecule has 1 aromatic rings. The van der Waals surface area contributed by atoms with E-state index in [-0.39, 0.29) is 18.5 Å². The number of hydrogen-bond acceptors (Lipinski definition) is 6. The Balaban J connectivity index is 1.46. The van der Waals surface area contributed by atoms with Crippen molar-refractivity contribution in [3.63, 3.8) is 0 Å². The van der Waals surface area contributed by atoms with Crippen LogP contribution in [-0.4, -0.2) is 24.5 Å². The van der Waals surface area contributed by atoms with Gasteiger partial charge in [-0.25, -0.2) is 4.79 Å². The first-order valence-corrected chi connectivity index (χ1v) is 13.3. The molecule has 0 atom stereocenters. The molecule has 0 spiro atoms. The number of fused-ring (bicyclic) bond motifs is 1. The van der Waals surface area contributed by atoms with Gasteiger partial charge in [0.2, 0.25) is 0 Å². The lowest BCUT2D eigenvalue weighted by atomic mass is 9.84. The van der Waals surface area contributed by atoms with E-state index in [4.69, 9.17) is 14.2 Å². The van der Waals surface area contributed by atoms with Gasteiger partial charge in [0.15, 0.2) is 0 Å². The highest BCUT2D eigenvalue weighted by molar-refractivity contribution is 5.98. The summed E-state index contributed by atoms with van der Waals surface area (Å²) in [6, 6.07) is 0. The van der Waals surface area contributed by atoms with Crippen LogP contribution in [0, 0.1) is 12.8 Å². The van der Waals surface area contributed by atoms with Gasteiger partial charge in [-0.1, -0.05) is 37.8 Å². The van der Waals surface area contributed by atoms with Gasteiger partial charge in [0.25, 0.3) is 0 Å². The molecule has 35 heavy (non-hydrogen) atoms. The fourth-order valence-corrected chi connectivity index (χ4v) is 5.47. The summed E-state index contributed by atoms with van der Waals surface area (Å²) in [6.07, 6.45) is 12.8. The second-order valence-corrected chi connectivity index (χ2v) is 10.2. The Morgan fingerprint density at radius 3 is 2.49 bits per heavy atom. The fraction of sp³-hybridized carbons (Fsp3) is 0.621. The van der Waals surface area contributed by atoms with Crippen LogP contribution in [0.15, 0.2) is 11.6 Å². The van der Waals surface area contributed by atoms with Crippen molar-refractivity contribution >= 4 is 17.9 Å². The number of hydrogen-bond donors (Lipinski definition) is 0. The summed E-state index contributed by atoms with van der Waals surface area (Å²) < 4.78 is 16.5. The van der Waals surface area contributed by atoms with Crippen molar-refractivity contribution in [3.8, 4) is 5.75 Å². The molecule has 1 heterocycles. The van der Waals surface area contributed by atoms with Gasteiger partial charge in [0.1, 0.15) is 17.9 Å². The van der Waals surface area contributed by atoms with Gasteiger partial charge in [-0.3, -0.25) is 9.59 Å². The third kappa shape index (κ3) is 5.96. The Kier molecular flexibility index (Phi) is 8.30. The molecule has 2 saturated carbocycles. The fourth-order valence-electron chi connectivity index (χ4n) is 5.47. The van der Waals surface area contributed by atoms with Gasteiger partial charge in [0.05, 0.1) is 12.5 Å². The van der Waals surface area contributed by atoms with Crippen molar-refractivity contribution in [2.75, 3.05) is 6.61 Å². The van der Waals surface area contributed by atoms with Crippen LogP contribution >= 0.6 is 0 Å². The van der Waals surface area contributed by atoms with E-state index >= 15 is 0 Å². The van der Waals surface area contributed by atoms with E-state index < -0.39 is 11.9 Å². The highest BCUT2D eigenvalue weighted by Gasteiger charge is 2.37. The minimum Gasteiger partial charge on any atom is -0.465 e. The molecular formula is C29H38O6. The number of carbonyl (C=O) groups excluding carboxylic acids is 3. The number of esters is 3. The molecule has 4 rings (SSSR count). The van der Waals surface area contributed by atoms with Gasteiger partial charge < -0.3 is 14.2 Å². The Morgan fingerprint density at radius 2 is 1.83 bits per heavy atom. The molecule has 3 aliphatic rings. The predicted molar refractivity (Wildman–Crippen MR) is 132 cm³/mol. The maximum atomic E-state index is 12.5. The minimum absolute atomic E-state index is 0.0195. The topological polar surface area (TPSA) is 78.9 Å². The summed E-state index contributed by atoms with van der Waals surface area (Å²) in [6.45, 7) is 6.37. The second-order valence-electron chi connectivity index (χ2n) is 10.2. The summed E-state index contributed by atoms with van der Waals surface area (Å²) in [5.74, 6) is -0.0823. The van der Waals surface area contributed by atoms with Crippen molar-refractivity contribution in [2.45, 2.75) is 104 Å². The standard InChI is InChI=1S/C29H38O6/c1-4-5-6-7-16-33-28(31)22-11-8-20(9-12-22)10-15-23-25(21-13-14-21)18(2)24-17-34-29(32)26(24)27(23)35-19(3)30/h10,21-22H,4-9,11-17H2,1-3H3. The van der Waals surface area contributed by atoms with Crippen molar-refractivity contribution < 1.29 is 28.6 Å². The van der Waals surface area contributed by atoms with Gasteiger partial charge in [0, 0.05) is 18.1 Å². The first-order chi connectivity index (χ1) is 16.9. The number of carbonyl (C=O) groups is 3. The van der Waals surface area contributed by atoms with Crippen LogP contribution in [0.4, 0.5) is 0 Å². The lowest BCUT2D eigenvalue weighted by Gasteiger charge is -2.23. The monoisotopic (exact) mass is 482 g/mol. The first kappa shape index (κ1) is 25.5. The molecule has 0 amide bonds. The summed E-state index contributed by atoms with van der Waals surface area (Å²) in [5.41, 5.74) is 5.85. The van der Waals surface area contributed by atoms with Crippen molar-refractivity contribution in [3.05, 3.63) is 39.5 Å². The SMILES string of the molecule is CCCCCCOC(=O)C1CCC(=CCc2c(OC(C)=O)c3c(c(C)c2C2CC2)COC3=O)CC1. The number of ether oxygens (including phenoxy) is 3. The Labute approximate surface area is 208 Å². The Bertz CT molecular complexity index is 1010. The molecule has 1 aromatic carbocycles. The molecule has 2 aliphatic carbocycles. The van der Waals surface area contributed by atoms with Gasteiger partial charge in [-0.15, -0.1) is 0 Å². The number of benzene rings is 1. The normalized spacial score (nSPS) is 19.2. The largest absolute Gasteiger partial charge is 0.465 e. The molecule has 0 bridgehead atoms. The zero-order valence-electron chi connectivity index (χ0n) is 21.4. The number of allylic oxidation sites excluding steroid dienone is 2. The van der Waals surface area contributed by atoms with Crippen LogP contribution in [0.2, 0.25) is 0 Å². The molecular weight excluding hydrogens is 444 g/mol. The summed E-state index contributed by atoms with van der Waals surface area (Å²) >= 11 is 0. The molecule has 1 aliphatic heterocycles. The first-order valence-electron chi connectivity index (χ1n) is 13.3. The van der Waals surface area contributed by atoms with Crippen LogP contribution in [0.5, 0.6) is 5.75 Å². The zero-order chi connectivity index (χ0) is 24.9. The third-order valence-corrected chi connectivity index (χ3v) is 7.57. The highest BCUT2D eigenvalue weighted by Crippen LogP contribution is 2.49. The van der Waals surface area contributed by atoms with Gasteiger partial charge in [-0.05, 0) is 75.3 Å². The number of rotatable bonds is 10. The molecule has 0 aromatic heterocycles. The Hall–Kier alpha value is -2.63. The summed E-state index contributed by atoms with van der Waals surface area (Å²) in [5, 5.41) is 0. The molecule has 0 saturated heterocycles. The van der Waals surface area contributed by atoms with Crippen molar-refractivity contribution in [2.24, 2.45) is 5.92 Å². The quantitative estimate of drug-likeness (QED) is 0.170. The van der Waals surface area contributed by atoms with Crippen molar-refractivity contribution in [1.29, 1.82) is 0 Å². The molecule has 0 radical (unpaired) electrons. The maximum absolute atomic E-state index is 12.5. The average Bonchev–Trinajstić information content (AvgIpc) is 3.60. The lowest BCUT2D eigenvalue weighted by molar-refractivity contribution is -0.149. The average molecular weight is 483 g/mol. The number of cyclic esters (lactones) is 1. The molecule has 190 valence electrons. The van der Waals surface area contributed by atoms with E-state index in [1.807, 2.05) is 0 Å². The molecule has 0 N–H and O–H groups in total. The van der Waals surface area contributed by atoms with Crippen LogP contribution < -0.4 is 4.74 Å². The smallest absolute Gasteiger partial charge is 0.342 e. The molecule has 6 heteroatoms. The van der Waals surface area contributed by atoms with E-state index in [1.54, 1.807) is 0 Å². The maximum Gasteiger partial charge on any atom is 0.342 e. The number of unbranched alkanes of at least 4 members (excludes halogenated alkanes) is 3. The van der Waals surface area contributed by atoms with Crippen LogP contribution in [0.1, 0.15) is 117 Å². The van der Waals surface area contributed by atoms with E-state index in [0.29, 0.717) is 30.3 Å². The summed E-state index contributed by atoms with van der Waals surface area (Å²) in [7, 11) is 0. The van der Waals surface area contributed by atoms with E-state index in [2.05, 4.69) is 19.9 Å². The molecule has 6 nitrogen and oxygen atoms in total.